The van der Waals surface area contributed by atoms with Crippen LogP contribution in [0.2, 0.25) is 0 Å². The molecule has 0 aliphatic heterocycles. The summed E-state index contributed by atoms with van der Waals surface area (Å²) in [5.74, 6) is 0.434. The van der Waals surface area contributed by atoms with Gasteiger partial charge in [0.1, 0.15) is 0 Å². The van der Waals surface area contributed by atoms with Crippen molar-refractivity contribution < 1.29 is 4.79 Å². The number of nitrogens with one attached hydrogen (secondary N) is 2. The average Bonchev–Trinajstić information content (AvgIpc) is 2.95. The van der Waals surface area contributed by atoms with Crippen molar-refractivity contribution in [3.05, 3.63) is 0 Å². The maximum atomic E-state index is 11.1. The summed E-state index contributed by atoms with van der Waals surface area (Å²) in [5, 5.41) is 6.34. The summed E-state index contributed by atoms with van der Waals surface area (Å²) in [6, 6.07) is 0.549. The molecule has 0 saturated heterocycles. The SMILES string of the molecule is CN=C(NCC(C)(C)C(N)=O)NC1CC1.I. The van der Waals surface area contributed by atoms with E-state index in [2.05, 4.69) is 15.6 Å². The molecule has 0 aromatic rings. The maximum absolute atomic E-state index is 11.1. The van der Waals surface area contributed by atoms with Gasteiger partial charge < -0.3 is 16.4 Å². The summed E-state index contributed by atoms with van der Waals surface area (Å²) < 4.78 is 0. The molecule has 4 N–H and O–H groups in total. The lowest BCUT2D eigenvalue weighted by molar-refractivity contribution is -0.125. The van der Waals surface area contributed by atoms with Crippen molar-refractivity contribution in [3.63, 3.8) is 0 Å². The molecule has 0 spiro atoms. The zero-order valence-electron chi connectivity index (χ0n) is 10.0. The van der Waals surface area contributed by atoms with Crippen LogP contribution in [-0.4, -0.2) is 31.5 Å². The van der Waals surface area contributed by atoms with E-state index in [1.165, 1.54) is 12.8 Å². The molecule has 1 rings (SSSR count). The molecule has 1 saturated carbocycles. The minimum atomic E-state index is -0.554. The zero-order chi connectivity index (χ0) is 11.5. The van der Waals surface area contributed by atoms with Crippen LogP contribution in [0.4, 0.5) is 0 Å². The fourth-order valence-corrected chi connectivity index (χ4v) is 1.01. The highest BCUT2D eigenvalue weighted by Crippen LogP contribution is 2.18. The fraction of sp³-hybridized carbons (Fsp3) is 0.800. The standard InChI is InChI=1S/C10H20N4O.HI/c1-10(2,8(11)15)6-13-9(12-3)14-7-4-5-7;/h7H,4-6H2,1-3H3,(H2,11,15)(H2,12,13,14);1H. The highest BCUT2D eigenvalue weighted by atomic mass is 127. The first-order valence-corrected chi connectivity index (χ1v) is 5.23. The number of carbonyl (C=O) groups is 1. The number of primary amides is 1. The normalized spacial score (nSPS) is 16.3. The highest BCUT2D eigenvalue weighted by Gasteiger charge is 2.26. The molecule has 1 aliphatic carbocycles. The Morgan fingerprint density at radius 2 is 2.06 bits per heavy atom. The molecule has 0 bridgehead atoms. The van der Waals surface area contributed by atoms with Crippen LogP contribution in [0.3, 0.4) is 0 Å². The van der Waals surface area contributed by atoms with E-state index in [1.54, 1.807) is 7.05 Å². The van der Waals surface area contributed by atoms with E-state index in [1.807, 2.05) is 13.8 Å². The molecule has 0 aromatic carbocycles. The Morgan fingerprint density at radius 3 is 2.44 bits per heavy atom. The van der Waals surface area contributed by atoms with Crippen molar-refractivity contribution in [1.29, 1.82) is 0 Å². The number of hydrogen-bond donors (Lipinski definition) is 3. The van der Waals surface area contributed by atoms with Crippen molar-refractivity contribution in [2.24, 2.45) is 16.1 Å². The smallest absolute Gasteiger partial charge is 0.224 e. The van der Waals surface area contributed by atoms with Crippen LogP contribution in [0.25, 0.3) is 0 Å². The molecule has 16 heavy (non-hydrogen) atoms. The van der Waals surface area contributed by atoms with Gasteiger partial charge in [0.15, 0.2) is 5.96 Å². The molecule has 1 amide bonds. The minimum Gasteiger partial charge on any atom is -0.369 e. The monoisotopic (exact) mass is 340 g/mol. The van der Waals surface area contributed by atoms with Gasteiger partial charge in [-0.15, -0.1) is 24.0 Å². The first-order valence-electron chi connectivity index (χ1n) is 5.23. The molecule has 0 unspecified atom stereocenters. The minimum absolute atomic E-state index is 0. The van der Waals surface area contributed by atoms with Crippen molar-refractivity contribution in [1.82, 2.24) is 10.6 Å². The van der Waals surface area contributed by atoms with E-state index in [4.69, 9.17) is 5.73 Å². The van der Waals surface area contributed by atoms with E-state index in [-0.39, 0.29) is 29.9 Å². The third-order valence-electron chi connectivity index (χ3n) is 2.51. The maximum Gasteiger partial charge on any atom is 0.224 e. The van der Waals surface area contributed by atoms with E-state index >= 15 is 0 Å². The van der Waals surface area contributed by atoms with Crippen LogP contribution in [0.5, 0.6) is 0 Å². The van der Waals surface area contributed by atoms with Gasteiger partial charge in [-0.05, 0) is 26.7 Å². The Kier molecular flexibility index (Phi) is 6.06. The molecule has 0 aromatic heterocycles. The van der Waals surface area contributed by atoms with Crippen LogP contribution >= 0.6 is 24.0 Å². The zero-order valence-corrected chi connectivity index (χ0v) is 12.4. The summed E-state index contributed by atoms with van der Waals surface area (Å²) in [4.78, 5) is 15.2. The van der Waals surface area contributed by atoms with E-state index < -0.39 is 5.41 Å². The molecule has 0 radical (unpaired) electrons. The molecular formula is C10H21IN4O. The first kappa shape index (κ1) is 15.5. The van der Waals surface area contributed by atoms with Crippen molar-refractivity contribution in [3.8, 4) is 0 Å². The van der Waals surface area contributed by atoms with Gasteiger partial charge >= 0.3 is 0 Å². The average molecular weight is 340 g/mol. The molecule has 0 heterocycles. The number of guanidine groups is 1. The summed E-state index contributed by atoms with van der Waals surface area (Å²) >= 11 is 0. The quantitative estimate of drug-likeness (QED) is 0.395. The molecule has 6 heteroatoms. The lowest BCUT2D eigenvalue weighted by Crippen LogP contribution is -2.46. The van der Waals surface area contributed by atoms with Crippen molar-refractivity contribution in [2.75, 3.05) is 13.6 Å². The van der Waals surface area contributed by atoms with E-state index in [0.717, 1.165) is 5.96 Å². The van der Waals surface area contributed by atoms with Crippen LogP contribution in [0.1, 0.15) is 26.7 Å². The molecule has 5 nitrogen and oxygen atoms in total. The molecule has 1 fully saturated rings. The Balaban J connectivity index is 0.00000225. The second kappa shape index (κ2) is 6.27. The van der Waals surface area contributed by atoms with Gasteiger partial charge in [0.05, 0.1) is 5.41 Å². The number of halogens is 1. The molecular weight excluding hydrogens is 319 g/mol. The van der Waals surface area contributed by atoms with Crippen LogP contribution in [0, 0.1) is 5.41 Å². The number of amides is 1. The van der Waals surface area contributed by atoms with Gasteiger partial charge in [0, 0.05) is 19.6 Å². The number of rotatable bonds is 4. The number of carbonyl (C=O) groups excluding carboxylic acids is 1. The summed E-state index contributed by atoms with van der Waals surface area (Å²) in [6.45, 7) is 4.12. The number of nitrogens with zero attached hydrogens (tertiary/aromatic N) is 1. The number of nitrogens with two attached hydrogens (primary N) is 1. The third kappa shape index (κ3) is 5.00. The largest absolute Gasteiger partial charge is 0.369 e. The van der Waals surface area contributed by atoms with Crippen molar-refractivity contribution >= 4 is 35.8 Å². The second-order valence-corrected chi connectivity index (χ2v) is 4.59. The lowest BCUT2D eigenvalue weighted by Gasteiger charge is -2.22. The predicted molar refractivity (Wildman–Crippen MR) is 75.9 cm³/mol. The van der Waals surface area contributed by atoms with Gasteiger partial charge in [-0.25, -0.2) is 0 Å². The van der Waals surface area contributed by atoms with Gasteiger partial charge in [-0.3, -0.25) is 9.79 Å². The van der Waals surface area contributed by atoms with Crippen LogP contribution in [-0.2, 0) is 4.79 Å². The van der Waals surface area contributed by atoms with Crippen LogP contribution < -0.4 is 16.4 Å². The van der Waals surface area contributed by atoms with E-state index in [0.29, 0.717) is 12.6 Å². The number of hydrogen-bond acceptors (Lipinski definition) is 2. The first-order chi connectivity index (χ1) is 6.95. The third-order valence-corrected chi connectivity index (χ3v) is 2.51. The van der Waals surface area contributed by atoms with Gasteiger partial charge in [-0.1, -0.05) is 0 Å². The molecule has 1 aliphatic rings. The van der Waals surface area contributed by atoms with Crippen LogP contribution in [0.15, 0.2) is 4.99 Å². The van der Waals surface area contributed by atoms with E-state index in [9.17, 15) is 4.79 Å². The fourth-order valence-electron chi connectivity index (χ4n) is 1.01. The summed E-state index contributed by atoms with van der Waals surface area (Å²) in [5.41, 5.74) is 4.72. The predicted octanol–water partition coefficient (Wildman–Crippen LogP) is 0.443. The molecule has 0 atom stereocenters. The topological polar surface area (TPSA) is 79.5 Å². The van der Waals surface area contributed by atoms with Gasteiger partial charge in [-0.2, -0.15) is 0 Å². The lowest BCUT2D eigenvalue weighted by atomic mass is 9.93. The summed E-state index contributed by atoms with van der Waals surface area (Å²) in [6.07, 6.45) is 2.39. The Morgan fingerprint density at radius 1 is 1.50 bits per heavy atom. The Hall–Kier alpha value is -0.530. The highest BCUT2D eigenvalue weighted by molar-refractivity contribution is 14.0. The Labute approximate surface area is 114 Å². The second-order valence-electron chi connectivity index (χ2n) is 4.59. The number of aliphatic imine (C=N–C) groups is 1. The Bertz CT molecular complexity index is 274. The molecule has 94 valence electrons. The van der Waals surface area contributed by atoms with Gasteiger partial charge in [0.2, 0.25) is 5.91 Å². The van der Waals surface area contributed by atoms with Crippen molar-refractivity contribution in [2.45, 2.75) is 32.7 Å². The summed E-state index contributed by atoms with van der Waals surface area (Å²) in [7, 11) is 1.72. The van der Waals surface area contributed by atoms with Gasteiger partial charge in [0.25, 0.3) is 0 Å².